The summed E-state index contributed by atoms with van der Waals surface area (Å²) >= 11 is 0. The lowest BCUT2D eigenvalue weighted by molar-refractivity contribution is 0.0697. The molecule has 7 heteroatoms. The van der Waals surface area contributed by atoms with Crippen molar-refractivity contribution in [1.82, 2.24) is 10.6 Å². The molecule has 2 amide bonds. The van der Waals surface area contributed by atoms with E-state index in [2.05, 4.69) is 10.6 Å². The van der Waals surface area contributed by atoms with Crippen molar-refractivity contribution in [2.24, 2.45) is 0 Å². The minimum Gasteiger partial charge on any atom is -0.478 e. The van der Waals surface area contributed by atoms with Crippen molar-refractivity contribution in [3.05, 3.63) is 35.4 Å². The summed E-state index contributed by atoms with van der Waals surface area (Å²) in [6, 6.07) is 6.23. The lowest BCUT2D eigenvalue weighted by Crippen LogP contribution is -2.38. The molecule has 0 spiro atoms. The van der Waals surface area contributed by atoms with E-state index in [-0.39, 0.29) is 11.6 Å². The SMILES string of the molecule is CS(=O)CCNC(=O)NCCc1ccc(C(=O)O)cc1. The smallest absolute Gasteiger partial charge is 0.335 e. The van der Waals surface area contributed by atoms with Crippen LogP contribution in [0.1, 0.15) is 15.9 Å². The van der Waals surface area contributed by atoms with Gasteiger partial charge < -0.3 is 15.7 Å². The van der Waals surface area contributed by atoms with E-state index in [0.717, 1.165) is 5.56 Å². The van der Waals surface area contributed by atoms with Crippen LogP contribution < -0.4 is 10.6 Å². The highest BCUT2D eigenvalue weighted by molar-refractivity contribution is 7.84. The maximum Gasteiger partial charge on any atom is 0.335 e. The number of carboxylic acids is 1. The van der Waals surface area contributed by atoms with Gasteiger partial charge in [0.25, 0.3) is 0 Å². The largest absolute Gasteiger partial charge is 0.478 e. The standard InChI is InChI=1S/C13H18N2O4S/c1-20(19)9-8-15-13(18)14-7-6-10-2-4-11(5-3-10)12(16)17/h2-5H,6-9H2,1H3,(H,16,17)(H2,14,15,18). The van der Waals surface area contributed by atoms with Crippen LogP contribution in [0.5, 0.6) is 0 Å². The molecule has 3 N–H and O–H groups in total. The van der Waals surface area contributed by atoms with Crippen molar-refractivity contribution in [3.8, 4) is 0 Å². The lowest BCUT2D eigenvalue weighted by Gasteiger charge is -2.07. The number of carboxylic acid groups (broad SMARTS) is 1. The molecule has 0 fully saturated rings. The Morgan fingerprint density at radius 1 is 1.15 bits per heavy atom. The normalized spacial score (nSPS) is 11.7. The van der Waals surface area contributed by atoms with E-state index in [1.165, 1.54) is 12.1 Å². The lowest BCUT2D eigenvalue weighted by atomic mass is 10.1. The molecule has 1 aromatic carbocycles. The van der Waals surface area contributed by atoms with Gasteiger partial charge in [-0.2, -0.15) is 0 Å². The number of nitrogens with one attached hydrogen (secondary N) is 2. The number of aromatic carboxylic acids is 1. The van der Waals surface area contributed by atoms with E-state index in [1.54, 1.807) is 18.4 Å². The van der Waals surface area contributed by atoms with Crippen LogP contribution in [0.4, 0.5) is 4.79 Å². The fourth-order valence-corrected chi connectivity index (χ4v) is 1.89. The number of benzene rings is 1. The molecular formula is C13H18N2O4S. The zero-order valence-corrected chi connectivity index (χ0v) is 12.0. The molecule has 0 heterocycles. The van der Waals surface area contributed by atoms with Gasteiger partial charge >= 0.3 is 12.0 Å². The molecule has 0 saturated carbocycles. The Morgan fingerprint density at radius 3 is 2.30 bits per heavy atom. The van der Waals surface area contributed by atoms with Crippen molar-refractivity contribution >= 4 is 22.8 Å². The van der Waals surface area contributed by atoms with Crippen LogP contribution in [0.3, 0.4) is 0 Å². The minimum absolute atomic E-state index is 0.243. The highest BCUT2D eigenvalue weighted by Crippen LogP contribution is 2.04. The first-order valence-corrected chi connectivity index (χ1v) is 7.85. The molecule has 1 unspecified atom stereocenters. The molecule has 0 aliphatic heterocycles. The quantitative estimate of drug-likeness (QED) is 0.687. The highest BCUT2D eigenvalue weighted by atomic mass is 32.2. The molecular weight excluding hydrogens is 280 g/mol. The third-order valence-corrected chi connectivity index (χ3v) is 3.35. The van der Waals surface area contributed by atoms with Crippen LogP contribution in [-0.4, -0.2) is 46.4 Å². The predicted molar refractivity (Wildman–Crippen MR) is 77.4 cm³/mol. The maximum absolute atomic E-state index is 11.4. The molecule has 0 aromatic heterocycles. The highest BCUT2D eigenvalue weighted by Gasteiger charge is 2.03. The monoisotopic (exact) mass is 298 g/mol. The molecule has 1 rings (SSSR count). The van der Waals surface area contributed by atoms with E-state index < -0.39 is 16.8 Å². The van der Waals surface area contributed by atoms with Crippen LogP contribution in [0.15, 0.2) is 24.3 Å². The van der Waals surface area contributed by atoms with Gasteiger partial charge in [0.05, 0.1) is 5.56 Å². The molecule has 20 heavy (non-hydrogen) atoms. The van der Waals surface area contributed by atoms with Crippen LogP contribution in [0.25, 0.3) is 0 Å². The maximum atomic E-state index is 11.4. The Morgan fingerprint density at radius 2 is 1.75 bits per heavy atom. The molecule has 0 saturated heterocycles. The second-order valence-electron chi connectivity index (χ2n) is 4.21. The molecule has 0 aliphatic rings. The van der Waals surface area contributed by atoms with E-state index >= 15 is 0 Å². The number of rotatable bonds is 7. The topological polar surface area (TPSA) is 95.5 Å². The summed E-state index contributed by atoms with van der Waals surface area (Å²) in [5, 5.41) is 14.0. The number of amides is 2. The summed E-state index contributed by atoms with van der Waals surface area (Å²) in [4.78, 5) is 22.0. The Bertz CT molecular complexity index is 488. The zero-order valence-electron chi connectivity index (χ0n) is 11.2. The van der Waals surface area contributed by atoms with Crippen LogP contribution in [0, 0.1) is 0 Å². The van der Waals surface area contributed by atoms with E-state index in [9.17, 15) is 13.8 Å². The predicted octanol–water partition coefficient (Wildman–Crippen LogP) is 0.605. The molecule has 6 nitrogen and oxygen atoms in total. The summed E-state index contributed by atoms with van der Waals surface area (Å²) in [5.74, 6) is -0.522. The average Bonchev–Trinajstić information content (AvgIpc) is 2.39. The van der Waals surface area contributed by atoms with E-state index in [1.807, 2.05) is 0 Å². The molecule has 110 valence electrons. The summed E-state index contributed by atoms with van der Waals surface area (Å²) < 4.78 is 10.8. The molecule has 1 atom stereocenters. The Kier molecular flexibility index (Phi) is 6.72. The molecule has 1 aromatic rings. The summed E-state index contributed by atoms with van der Waals surface area (Å²) in [6.07, 6.45) is 2.20. The van der Waals surface area contributed by atoms with Gasteiger partial charge in [0.1, 0.15) is 0 Å². The van der Waals surface area contributed by atoms with Gasteiger partial charge in [0.2, 0.25) is 0 Å². The fourth-order valence-electron chi connectivity index (χ4n) is 1.51. The van der Waals surface area contributed by atoms with Gasteiger partial charge in [-0.05, 0) is 24.1 Å². The average molecular weight is 298 g/mol. The van der Waals surface area contributed by atoms with Gasteiger partial charge in [-0.15, -0.1) is 0 Å². The van der Waals surface area contributed by atoms with Gasteiger partial charge in [-0.1, -0.05) is 12.1 Å². The number of hydrogen-bond acceptors (Lipinski definition) is 3. The van der Waals surface area contributed by atoms with Crippen molar-refractivity contribution in [1.29, 1.82) is 0 Å². The number of hydrogen-bond donors (Lipinski definition) is 3. The fraction of sp³-hybridized carbons (Fsp3) is 0.385. The zero-order chi connectivity index (χ0) is 15.0. The third-order valence-electron chi connectivity index (χ3n) is 2.58. The van der Waals surface area contributed by atoms with Crippen LogP contribution in [-0.2, 0) is 17.2 Å². The Hall–Kier alpha value is -1.89. The van der Waals surface area contributed by atoms with Crippen molar-refractivity contribution in [3.63, 3.8) is 0 Å². The van der Waals surface area contributed by atoms with Crippen LogP contribution >= 0.6 is 0 Å². The summed E-state index contributed by atoms with van der Waals surface area (Å²) in [7, 11) is -0.914. The van der Waals surface area contributed by atoms with Crippen molar-refractivity contribution < 1.29 is 18.9 Å². The van der Waals surface area contributed by atoms with E-state index in [0.29, 0.717) is 25.3 Å². The molecule has 0 aliphatic carbocycles. The Labute approximate surface area is 120 Å². The number of carbonyl (C=O) groups excluding carboxylic acids is 1. The molecule has 0 radical (unpaired) electrons. The molecule has 0 bridgehead atoms. The number of urea groups is 1. The second-order valence-corrected chi connectivity index (χ2v) is 5.77. The van der Waals surface area contributed by atoms with Crippen molar-refractivity contribution in [2.45, 2.75) is 6.42 Å². The van der Waals surface area contributed by atoms with E-state index in [4.69, 9.17) is 5.11 Å². The first-order valence-electron chi connectivity index (χ1n) is 6.13. The van der Waals surface area contributed by atoms with Crippen molar-refractivity contribution in [2.75, 3.05) is 25.1 Å². The van der Waals surface area contributed by atoms with Gasteiger partial charge in [-0.3, -0.25) is 4.21 Å². The number of carbonyl (C=O) groups is 2. The first kappa shape index (κ1) is 16.2. The van der Waals surface area contributed by atoms with Gasteiger partial charge in [0.15, 0.2) is 0 Å². The van der Waals surface area contributed by atoms with Gasteiger partial charge in [-0.25, -0.2) is 9.59 Å². The van der Waals surface area contributed by atoms with Crippen LogP contribution in [0.2, 0.25) is 0 Å². The Balaban J connectivity index is 2.24. The minimum atomic E-state index is -0.956. The third kappa shape index (κ3) is 6.33. The first-order chi connectivity index (χ1) is 9.49. The summed E-state index contributed by atoms with van der Waals surface area (Å²) in [6.45, 7) is 0.829. The van der Waals surface area contributed by atoms with Gasteiger partial charge in [0, 0.05) is 35.9 Å². The summed E-state index contributed by atoms with van der Waals surface area (Å²) in [5.41, 5.74) is 1.19. The second kappa shape index (κ2) is 8.31.